The number of aromatic nitrogens is 5. The van der Waals surface area contributed by atoms with E-state index in [1.165, 1.54) is 0 Å². The molecule has 10 heteroatoms. The van der Waals surface area contributed by atoms with Crippen molar-refractivity contribution >= 4 is 34.7 Å². The highest BCUT2D eigenvalue weighted by Gasteiger charge is 2.26. The van der Waals surface area contributed by atoms with Gasteiger partial charge in [0, 0.05) is 41.8 Å². The van der Waals surface area contributed by atoms with Crippen LogP contribution in [0, 0.1) is 12.8 Å². The SMILES string of the molecule is Cc1nc(-c2ccccc2Cl)sc1CNC(=O)C1CCN(c2ccc(-n3cccn3)nn2)CC1. The van der Waals surface area contributed by atoms with Gasteiger partial charge in [-0.15, -0.1) is 21.5 Å². The van der Waals surface area contributed by atoms with E-state index in [-0.39, 0.29) is 11.8 Å². The predicted octanol–water partition coefficient (Wildman–Crippen LogP) is 4.28. The summed E-state index contributed by atoms with van der Waals surface area (Å²) in [6.45, 7) is 3.98. The standard InChI is InChI=1S/C24H24ClN7OS/c1-16-20(34-24(28-16)18-5-2-3-6-19(18)25)15-26-23(33)17-9-13-31(14-10-17)21-7-8-22(30-29-21)32-12-4-11-27-32/h2-8,11-12,17H,9-10,13-15H2,1H3,(H,26,33). The van der Waals surface area contributed by atoms with Gasteiger partial charge in [-0.1, -0.05) is 29.8 Å². The predicted molar refractivity (Wildman–Crippen MR) is 133 cm³/mol. The molecule has 0 bridgehead atoms. The van der Waals surface area contributed by atoms with Gasteiger partial charge in [0.25, 0.3) is 0 Å². The number of nitrogens with zero attached hydrogens (tertiary/aromatic N) is 6. The second-order valence-electron chi connectivity index (χ2n) is 8.19. The minimum absolute atomic E-state index is 0.0103. The molecule has 174 valence electrons. The minimum Gasteiger partial charge on any atom is -0.355 e. The van der Waals surface area contributed by atoms with E-state index in [1.54, 1.807) is 22.2 Å². The van der Waals surface area contributed by atoms with Gasteiger partial charge in [0.2, 0.25) is 5.91 Å². The summed E-state index contributed by atoms with van der Waals surface area (Å²) in [5.41, 5.74) is 1.84. The van der Waals surface area contributed by atoms with E-state index in [0.29, 0.717) is 17.4 Å². The summed E-state index contributed by atoms with van der Waals surface area (Å²) in [4.78, 5) is 20.7. The molecule has 1 aromatic carbocycles. The normalized spacial score (nSPS) is 14.4. The number of hydrogen-bond acceptors (Lipinski definition) is 7. The Kier molecular flexibility index (Phi) is 6.55. The third kappa shape index (κ3) is 4.80. The molecule has 1 aliphatic heterocycles. The monoisotopic (exact) mass is 493 g/mol. The molecule has 0 unspecified atom stereocenters. The number of hydrogen-bond donors (Lipinski definition) is 1. The summed E-state index contributed by atoms with van der Waals surface area (Å²) >= 11 is 7.89. The molecule has 1 fully saturated rings. The largest absolute Gasteiger partial charge is 0.355 e. The van der Waals surface area contributed by atoms with Crippen LogP contribution in [0.25, 0.3) is 16.4 Å². The van der Waals surface area contributed by atoms with Gasteiger partial charge in [-0.05, 0) is 44.0 Å². The molecule has 0 spiro atoms. The quantitative estimate of drug-likeness (QED) is 0.431. The van der Waals surface area contributed by atoms with Crippen LogP contribution in [0.2, 0.25) is 5.02 Å². The van der Waals surface area contributed by atoms with E-state index >= 15 is 0 Å². The number of rotatable bonds is 6. The van der Waals surface area contributed by atoms with E-state index in [2.05, 4.69) is 30.5 Å². The number of aryl methyl sites for hydroxylation is 1. The molecule has 1 N–H and O–H groups in total. The first-order valence-electron chi connectivity index (χ1n) is 11.2. The summed E-state index contributed by atoms with van der Waals surface area (Å²) in [7, 11) is 0. The van der Waals surface area contributed by atoms with Crippen LogP contribution >= 0.6 is 22.9 Å². The zero-order valence-corrected chi connectivity index (χ0v) is 20.3. The van der Waals surface area contributed by atoms with Crippen LogP contribution in [0.4, 0.5) is 5.82 Å². The fraction of sp³-hybridized carbons (Fsp3) is 0.292. The van der Waals surface area contributed by atoms with Crippen LogP contribution in [-0.4, -0.2) is 44.0 Å². The number of thiazole rings is 1. The lowest BCUT2D eigenvalue weighted by Crippen LogP contribution is -2.40. The summed E-state index contributed by atoms with van der Waals surface area (Å²) < 4.78 is 1.68. The zero-order valence-electron chi connectivity index (χ0n) is 18.7. The van der Waals surface area contributed by atoms with Crippen molar-refractivity contribution < 1.29 is 4.79 Å². The van der Waals surface area contributed by atoms with Gasteiger partial charge in [0.1, 0.15) is 5.01 Å². The molecule has 1 saturated heterocycles. The van der Waals surface area contributed by atoms with Crippen molar-refractivity contribution in [1.82, 2.24) is 30.3 Å². The maximum absolute atomic E-state index is 12.8. The maximum Gasteiger partial charge on any atom is 0.223 e. The third-order valence-corrected chi connectivity index (χ3v) is 7.51. The van der Waals surface area contributed by atoms with Gasteiger partial charge in [-0.2, -0.15) is 5.10 Å². The molecule has 34 heavy (non-hydrogen) atoms. The molecule has 0 atom stereocenters. The number of carbonyl (C=O) groups excluding carboxylic acids is 1. The number of amides is 1. The third-order valence-electron chi connectivity index (χ3n) is 5.99. The number of carbonyl (C=O) groups is 1. The smallest absolute Gasteiger partial charge is 0.223 e. The topological polar surface area (TPSA) is 88.8 Å². The van der Waals surface area contributed by atoms with Gasteiger partial charge < -0.3 is 10.2 Å². The zero-order chi connectivity index (χ0) is 23.5. The molecule has 8 nitrogen and oxygen atoms in total. The Labute approximate surface area is 206 Å². The van der Waals surface area contributed by atoms with Crippen molar-refractivity contribution in [2.45, 2.75) is 26.3 Å². The molecule has 1 aliphatic rings. The van der Waals surface area contributed by atoms with Crippen LogP contribution in [0.1, 0.15) is 23.4 Å². The van der Waals surface area contributed by atoms with Gasteiger partial charge in [0.05, 0.1) is 17.3 Å². The summed E-state index contributed by atoms with van der Waals surface area (Å²) in [6, 6.07) is 13.4. The van der Waals surface area contributed by atoms with Crippen molar-refractivity contribution in [3.8, 4) is 16.4 Å². The lowest BCUT2D eigenvalue weighted by molar-refractivity contribution is -0.125. The molecule has 1 amide bonds. The van der Waals surface area contributed by atoms with E-state index in [0.717, 1.165) is 52.9 Å². The van der Waals surface area contributed by atoms with Crippen molar-refractivity contribution in [2.24, 2.45) is 5.92 Å². The van der Waals surface area contributed by atoms with Crippen LogP contribution < -0.4 is 10.2 Å². The molecular formula is C24H24ClN7OS. The highest BCUT2D eigenvalue weighted by atomic mass is 35.5. The first kappa shape index (κ1) is 22.5. The minimum atomic E-state index is -0.0103. The Hall–Kier alpha value is -3.30. The van der Waals surface area contributed by atoms with Crippen LogP contribution in [0.3, 0.4) is 0 Å². The van der Waals surface area contributed by atoms with Crippen molar-refractivity contribution in [1.29, 1.82) is 0 Å². The number of halogens is 1. The van der Waals surface area contributed by atoms with Gasteiger partial charge >= 0.3 is 0 Å². The summed E-state index contributed by atoms with van der Waals surface area (Å²) in [5, 5.41) is 17.4. The van der Waals surface area contributed by atoms with Gasteiger partial charge in [0.15, 0.2) is 11.6 Å². The Bertz CT molecular complexity index is 1260. The maximum atomic E-state index is 12.8. The van der Waals surface area contributed by atoms with Crippen LogP contribution in [0.5, 0.6) is 0 Å². The summed E-state index contributed by atoms with van der Waals surface area (Å²) in [6.07, 6.45) is 5.10. The number of nitrogens with one attached hydrogen (secondary N) is 1. The average Bonchev–Trinajstić information content (AvgIpc) is 3.53. The number of benzene rings is 1. The van der Waals surface area contributed by atoms with E-state index in [4.69, 9.17) is 11.6 Å². The second kappa shape index (κ2) is 9.90. The molecule has 3 aromatic heterocycles. The molecule has 5 rings (SSSR count). The molecule has 4 aromatic rings. The molecule has 4 heterocycles. The highest BCUT2D eigenvalue weighted by molar-refractivity contribution is 7.15. The van der Waals surface area contributed by atoms with Gasteiger partial charge in [-0.25, -0.2) is 9.67 Å². The first-order valence-corrected chi connectivity index (χ1v) is 12.4. The molecule has 0 aliphatic carbocycles. The number of piperidine rings is 1. The fourth-order valence-corrected chi connectivity index (χ4v) is 5.36. The first-order chi connectivity index (χ1) is 16.6. The Morgan fingerprint density at radius 2 is 1.88 bits per heavy atom. The average molecular weight is 494 g/mol. The fourth-order valence-electron chi connectivity index (χ4n) is 4.04. The lowest BCUT2D eigenvalue weighted by atomic mass is 9.96. The molecular weight excluding hydrogens is 470 g/mol. The van der Waals surface area contributed by atoms with Crippen LogP contribution in [0.15, 0.2) is 54.9 Å². The molecule has 0 saturated carbocycles. The second-order valence-corrected chi connectivity index (χ2v) is 9.68. The van der Waals surface area contributed by atoms with Crippen molar-refractivity contribution in [2.75, 3.05) is 18.0 Å². The highest BCUT2D eigenvalue weighted by Crippen LogP contribution is 2.32. The van der Waals surface area contributed by atoms with E-state index in [9.17, 15) is 4.79 Å². The van der Waals surface area contributed by atoms with E-state index in [1.807, 2.05) is 55.6 Å². The van der Waals surface area contributed by atoms with E-state index < -0.39 is 0 Å². The van der Waals surface area contributed by atoms with Gasteiger partial charge in [-0.3, -0.25) is 4.79 Å². The Balaban J connectivity index is 1.14. The Morgan fingerprint density at radius 3 is 2.59 bits per heavy atom. The Morgan fingerprint density at radius 1 is 1.12 bits per heavy atom. The van der Waals surface area contributed by atoms with Crippen molar-refractivity contribution in [3.05, 3.63) is 70.5 Å². The summed E-state index contributed by atoms with van der Waals surface area (Å²) in [5.74, 6) is 1.58. The lowest BCUT2D eigenvalue weighted by Gasteiger charge is -2.31. The molecule has 0 radical (unpaired) electrons. The number of anilines is 1. The van der Waals surface area contributed by atoms with Crippen LogP contribution in [-0.2, 0) is 11.3 Å². The van der Waals surface area contributed by atoms with Crippen molar-refractivity contribution in [3.63, 3.8) is 0 Å².